The Kier molecular flexibility index (Phi) is 4.07. The molecule has 0 aliphatic heterocycles. The maximum absolute atomic E-state index is 13.6. The molecule has 136 valence electrons. The van der Waals surface area contributed by atoms with E-state index >= 15 is 0 Å². The van der Waals surface area contributed by atoms with E-state index in [9.17, 15) is 17.6 Å². The van der Waals surface area contributed by atoms with E-state index in [1.807, 2.05) is 0 Å². The van der Waals surface area contributed by atoms with E-state index in [2.05, 4.69) is 15.1 Å². The van der Waals surface area contributed by atoms with E-state index < -0.39 is 17.7 Å². The molecule has 4 aromatic rings. The van der Waals surface area contributed by atoms with Crippen molar-refractivity contribution in [2.45, 2.75) is 6.18 Å². The van der Waals surface area contributed by atoms with Crippen molar-refractivity contribution in [1.82, 2.24) is 19.6 Å². The van der Waals surface area contributed by atoms with Crippen molar-refractivity contribution >= 4 is 17.2 Å². The minimum Gasteiger partial charge on any atom is -0.264 e. The van der Waals surface area contributed by atoms with E-state index in [1.54, 1.807) is 18.3 Å². The minimum absolute atomic E-state index is 0.00219. The second-order valence-corrected chi connectivity index (χ2v) is 6.10. The summed E-state index contributed by atoms with van der Waals surface area (Å²) in [5, 5.41) is 3.64. The number of aromatic nitrogens is 4. The van der Waals surface area contributed by atoms with Gasteiger partial charge in [0, 0.05) is 29.1 Å². The highest BCUT2D eigenvalue weighted by atomic mass is 35.5. The van der Waals surface area contributed by atoms with Gasteiger partial charge in [0.1, 0.15) is 5.82 Å². The Bertz CT molecular complexity index is 1140. The van der Waals surface area contributed by atoms with Crippen LogP contribution in [-0.2, 0) is 6.18 Å². The topological polar surface area (TPSA) is 43.1 Å². The highest BCUT2D eigenvalue weighted by molar-refractivity contribution is 6.31. The normalized spacial score (nSPS) is 11.9. The Balaban J connectivity index is 2.01. The van der Waals surface area contributed by atoms with Crippen LogP contribution in [0.4, 0.5) is 17.6 Å². The molecule has 0 radical (unpaired) electrons. The molecule has 0 aliphatic rings. The molecular formula is C18H9ClF4N4. The molecule has 3 heterocycles. The molecule has 0 amide bonds. The van der Waals surface area contributed by atoms with Crippen molar-refractivity contribution in [3.63, 3.8) is 0 Å². The van der Waals surface area contributed by atoms with Crippen LogP contribution >= 0.6 is 11.6 Å². The lowest BCUT2D eigenvalue weighted by atomic mass is 10.1. The summed E-state index contributed by atoms with van der Waals surface area (Å²) in [6.07, 6.45) is -0.308. The summed E-state index contributed by atoms with van der Waals surface area (Å²) in [5.74, 6) is -0.669. The van der Waals surface area contributed by atoms with Crippen molar-refractivity contribution in [2.75, 3.05) is 0 Å². The van der Waals surface area contributed by atoms with Gasteiger partial charge < -0.3 is 0 Å². The molecular weight excluding hydrogens is 384 g/mol. The monoisotopic (exact) mass is 392 g/mol. The van der Waals surface area contributed by atoms with Gasteiger partial charge in [-0.25, -0.2) is 13.9 Å². The average Bonchev–Trinajstić information content (AvgIpc) is 3.07. The number of nitrogens with zero attached hydrogens (tertiary/aromatic N) is 4. The molecule has 0 aliphatic carbocycles. The van der Waals surface area contributed by atoms with Gasteiger partial charge in [-0.15, -0.1) is 0 Å². The molecule has 0 unspecified atom stereocenters. The summed E-state index contributed by atoms with van der Waals surface area (Å²) in [6.45, 7) is 0. The molecule has 0 spiro atoms. The predicted molar refractivity (Wildman–Crippen MR) is 91.6 cm³/mol. The molecule has 0 atom stereocenters. The maximum atomic E-state index is 13.6. The zero-order valence-corrected chi connectivity index (χ0v) is 14.1. The van der Waals surface area contributed by atoms with Gasteiger partial charge >= 0.3 is 6.18 Å². The smallest absolute Gasteiger partial charge is 0.264 e. The Hall–Kier alpha value is -3.00. The third-order valence-electron chi connectivity index (χ3n) is 3.95. The van der Waals surface area contributed by atoms with Gasteiger partial charge in [0.2, 0.25) is 0 Å². The van der Waals surface area contributed by atoms with Crippen LogP contribution in [0.5, 0.6) is 0 Å². The van der Waals surface area contributed by atoms with Gasteiger partial charge in [0.05, 0.1) is 16.9 Å². The number of alkyl halides is 3. The highest BCUT2D eigenvalue weighted by Crippen LogP contribution is 2.35. The van der Waals surface area contributed by atoms with Crippen LogP contribution in [-0.4, -0.2) is 19.6 Å². The van der Waals surface area contributed by atoms with Gasteiger partial charge in [0.25, 0.3) is 0 Å². The van der Waals surface area contributed by atoms with Crippen LogP contribution in [0.1, 0.15) is 5.69 Å². The molecule has 27 heavy (non-hydrogen) atoms. The molecule has 9 heteroatoms. The maximum Gasteiger partial charge on any atom is 0.433 e. The lowest BCUT2D eigenvalue weighted by Crippen LogP contribution is -2.13. The van der Waals surface area contributed by atoms with Crippen LogP contribution < -0.4 is 0 Å². The lowest BCUT2D eigenvalue weighted by Gasteiger charge is -2.12. The van der Waals surface area contributed by atoms with Crippen molar-refractivity contribution in [3.8, 4) is 22.4 Å². The molecule has 0 N–H and O–H groups in total. The van der Waals surface area contributed by atoms with E-state index in [0.29, 0.717) is 11.1 Å². The van der Waals surface area contributed by atoms with E-state index in [4.69, 9.17) is 11.6 Å². The van der Waals surface area contributed by atoms with Crippen molar-refractivity contribution in [2.24, 2.45) is 0 Å². The van der Waals surface area contributed by atoms with Gasteiger partial charge in [-0.05, 0) is 30.3 Å². The molecule has 4 nitrogen and oxygen atoms in total. The zero-order valence-electron chi connectivity index (χ0n) is 13.4. The first-order chi connectivity index (χ1) is 12.8. The summed E-state index contributed by atoms with van der Waals surface area (Å²) < 4.78 is 54.9. The fourth-order valence-corrected chi connectivity index (χ4v) is 2.87. The molecule has 0 saturated carbocycles. The van der Waals surface area contributed by atoms with E-state index in [-0.39, 0.29) is 21.9 Å². The standard InChI is InChI=1S/C18H9ClF4N4/c19-13-6-10(3-4-14(13)20)15-7-16(18(21,22)23)27-17(26-15)12(9-25-27)11-2-1-5-24-8-11/h1-9H. The van der Waals surface area contributed by atoms with E-state index in [1.165, 1.54) is 24.5 Å². The second-order valence-electron chi connectivity index (χ2n) is 5.69. The van der Waals surface area contributed by atoms with Gasteiger partial charge in [-0.3, -0.25) is 4.98 Å². The molecule has 0 fully saturated rings. The van der Waals surface area contributed by atoms with Crippen LogP contribution in [0.25, 0.3) is 28.0 Å². The largest absolute Gasteiger partial charge is 0.433 e. The number of halogens is 5. The van der Waals surface area contributed by atoms with Crippen molar-refractivity contribution < 1.29 is 17.6 Å². The summed E-state index contributed by atoms with van der Waals surface area (Å²) in [5.41, 5.74) is 0.229. The number of rotatable bonds is 2. The summed E-state index contributed by atoms with van der Waals surface area (Å²) in [7, 11) is 0. The number of pyridine rings is 1. The average molecular weight is 393 g/mol. The van der Waals surface area contributed by atoms with Crippen molar-refractivity contribution in [1.29, 1.82) is 0 Å². The zero-order chi connectivity index (χ0) is 19.2. The van der Waals surface area contributed by atoms with E-state index in [0.717, 1.165) is 16.6 Å². The molecule has 3 aromatic heterocycles. The second kappa shape index (κ2) is 6.31. The lowest BCUT2D eigenvalue weighted by molar-refractivity contribution is -0.142. The Morgan fingerprint density at radius 3 is 2.48 bits per heavy atom. The SMILES string of the molecule is Fc1ccc(-c2cc(C(F)(F)F)n3ncc(-c4cccnc4)c3n2)cc1Cl. The third kappa shape index (κ3) is 3.12. The first kappa shape index (κ1) is 17.4. The first-order valence-electron chi connectivity index (χ1n) is 7.66. The van der Waals surface area contributed by atoms with Gasteiger partial charge in [-0.2, -0.15) is 18.3 Å². The molecule has 0 saturated heterocycles. The van der Waals surface area contributed by atoms with Crippen molar-refractivity contribution in [3.05, 3.63) is 71.5 Å². The van der Waals surface area contributed by atoms with Crippen LogP contribution in [0, 0.1) is 5.82 Å². The predicted octanol–water partition coefficient (Wildman–Crippen LogP) is 5.27. The highest BCUT2D eigenvalue weighted by Gasteiger charge is 2.35. The number of benzene rings is 1. The van der Waals surface area contributed by atoms with Crippen LogP contribution in [0.15, 0.2) is 55.0 Å². The summed E-state index contributed by atoms with van der Waals surface area (Å²) in [6, 6.07) is 7.84. The van der Waals surface area contributed by atoms with Gasteiger partial charge in [0.15, 0.2) is 11.3 Å². The third-order valence-corrected chi connectivity index (χ3v) is 4.24. The summed E-state index contributed by atoms with van der Waals surface area (Å²) in [4.78, 5) is 8.29. The quantitative estimate of drug-likeness (QED) is 0.436. The number of fused-ring (bicyclic) bond motifs is 1. The van der Waals surface area contributed by atoms with Crippen LogP contribution in [0.3, 0.4) is 0 Å². The Labute approximate surface area is 155 Å². The fourth-order valence-electron chi connectivity index (χ4n) is 2.69. The number of hydrogen-bond donors (Lipinski definition) is 0. The van der Waals surface area contributed by atoms with Gasteiger partial charge in [-0.1, -0.05) is 17.7 Å². The fraction of sp³-hybridized carbons (Fsp3) is 0.0556. The van der Waals surface area contributed by atoms with Crippen LogP contribution in [0.2, 0.25) is 5.02 Å². The Morgan fingerprint density at radius 1 is 1.00 bits per heavy atom. The molecule has 1 aromatic carbocycles. The minimum atomic E-state index is -4.67. The molecule has 0 bridgehead atoms. The first-order valence-corrected chi connectivity index (χ1v) is 8.04. The summed E-state index contributed by atoms with van der Waals surface area (Å²) >= 11 is 5.77. The number of hydrogen-bond acceptors (Lipinski definition) is 3. The molecule has 4 rings (SSSR count). The Morgan fingerprint density at radius 2 is 1.81 bits per heavy atom.